The van der Waals surface area contributed by atoms with Crippen LogP contribution in [0.1, 0.15) is 40.7 Å². The van der Waals surface area contributed by atoms with Gasteiger partial charge < -0.3 is 10.2 Å². The van der Waals surface area contributed by atoms with Gasteiger partial charge in [0, 0.05) is 31.2 Å². The van der Waals surface area contributed by atoms with Crippen LogP contribution in [0.2, 0.25) is 0 Å². The Labute approximate surface area is 136 Å². The second-order valence-corrected chi connectivity index (χ2v) is 6.07. The summed E-state index contributed by atoms with van der Waals surface area (Å²) in [5, 5.41) is 3.17. The standard InChI is InChI=1S/C18H22N4O/c1-13-6-7-16(10-14(13)2)21-18-19-11-15(12-20-18)17(23)22-8-4-3-5-9-22/h6-7,10-12H,3-5,8-9H2,1-2H3,(H,19,20,21). The van der Waals surface area contributed by atoms with Crippen molar-refractivity contribution in [1.82, 2.24) is 14.9 Å². The Morgan fingerprint density at radius 1 is 1.04 bits per heavy atom. The van der Waals surface area contributed by atoms with E-state index in [0.29, 0.717) is 11.5 Å². The number of amides is 1. The minimum absolute atomic E-state index is 0.0300. The van der Waals surface area contributed by atoms with E-state index >= 15 is 0 Å². The van der Waals surface area contributed by atoms with E-state index in [4.69, 9.17) is 0 Å². The number of carbonyl (C=O) groups excluding carboxylic acids is 1. The fraction of sp³-hybridized carbons (Fsp3) is 0.389. The van der Waals surface area contributed by atoms with E-state index in [1.54, 1.807) is 12.4 Å². The molecule has 0 unspecified atom stereocenters. The molecule has 0 saturated carbocycles. The molecular formula is C18H22N4O. The maximum Gasteiger partial charge on any atom is 0.256 e. The molecule has 120 valence electrons. The molecular weight excluding hydrogens is 288 g/mol. The Bertz CT molecular complexity index is 691. The molecule has 1 aliphatic heterocycles. The molecule has 1 fully saturated rings. The SMILES string of the molecule is Cc1ccc(Nc2ncc(C(=O)N3CCCCC3)cn2)cc1C. The van der Waals surface area contributed by atoms with Crippen LogP contribution in [0.15, 0.2) is 30.6 Å². The molecule has 23 heavy (non-hydrogen) atoms. The molecule has 5 heteroatoms. The van der Waals surface area contributed by atoms with Gasteiger partial charge in [0.05, 0.1) is 5.56 Å². The second-order valence-electron chi connectivity index (χ2n) is 6.07. The first-order valence-corrected chi connectivity index (χ1v) is 8.09. The lowest BCUT2D eigenvalue weighted by Crippen LogP contribution is -2.35. The van der Waals surface area contributed by atoms with E-state index < -0.39 is 0 Å². The summed E-state index contributed by atoms with van der Waals surface area (Å²) in [4.78, 5) is 22.8. The number of hydrogen-bond donors (Lipinski definition) is 1. The zero-order valence-corrected chi connectivity index (χ0v) is 13.7. The highest BCUT2D eigenvalue weighted by molar-refractivity contribution is 5.93. The Kier molecular flexibility index (Phi) is 4.55. The molecule has 0 spiro atoms. The number of anilines is 2. The van der Waals surface area contributed by atoms with Crippen molar-refractivity contribution in [3.05, 3.63) is 47.3 Å². The van der Waals surface area contributed by atoms with E-state index in [0.717, 1.165) is 31.6 Å². The monoisotopic (exact) mass is 310 g/mol. The highest BCUT2D eigenvalue weighted by Gasteiger charge is 2.18. The molecule has 1 N–H and O–H groups in total. The molecule has 5 nitrogen and oxygen atoms in total. The van der Waals surface area contributed by atoms with Gasteiger partial charge in [0.15, 0.2) is 0 Å². The quantitative estimate of drug-likeness (QED) is 0.943. The number of carbonyl (C=O) groups is 1. The summed E-state index contributed by atoms with van der Waals surface area (Å²) in [6, 6.07) is 6.12. The van der Waals surface area contributed by atoms with Gasteiger partial charge in [-0.15, -0.1) is 0 Å². The first kappa shape index (κ1) is 15.5. The van der Waals surface area contributed by atoms with Crippen LogP contribution in [0.3, 0.4) is 0 Å². The molecule has 0 bridgehead atoms. The van der Waals surface area contributed by atoms with Crippen molar-refractivity contribution in [3.8, 4) is 0 Å². The largest absolute Gasteiger partial charge is 0.339 e. The van der Waals surface area contributed by atoms with Crippen LogP contribution in [-0.2, 0) is 0 Å². The third-order valence-electron chi connectivity index (χ3n) is 4.31. The smallest absolute Gasteiger partial charge is 0.256 e. The maximum atomic E-state index is 12.4. The minimum atomic E-state index is 0.0300. The molecule has 3 rings (SSSR count). The predicted octanol–water partition coefficient (Wildman–Crippen LogP) is 3.46. The number of likely N-dealkylation sites (tertiary alicyclic amines) is 1. The lowest BCUT2D eigenvalue weighted by atomic mass is 10.1. The third-order valence-corrected chi connectivity index (χ3v) is 4.31. The summed E-state index contributed by atoms with van der Waals surface area (Å²) in [6.45, 7) is 5.82. The number of aromatic nitrogens is 2. The van der Waals surface area contributed by atoms with Gasteiger partial charge in [0.2, 0.25) is 5.95 Å². The van der Waals surface area contributed by atoms with Crippen LogP contribution in [0.4, 0.5) is 11.6 Å². The van der Waals surface area contributed by atoms with E-state index in [1.807, 2.05) is 11.0 Å². The molecule has 0 radical (unpaired) electrons. The van der Waals surface area contributed by atoms with Crippen molar-refractivity contribution in [1.29, 1.82) is 0 Å². The number of aryl methyl sites for hydroxylation is 2. The summed E-state index contributed by atoms with van der Waals surface area (Å²) < 4.78 is 0. The lowest BCUT2D eigenvalue weighted by Gasteiger charge is -2.26. The Morgan fingerprint density at radius 3 is 2.39 bits per heavy atom. The Hall–Kier alpha value is -2.43. The molecule has 1 aromatic carbocycles. The second kappa shape index (κ2) is 6.77. The fourth-order valence-electron chi connectivity index (χ4n) is 2.73. The van der Waals surface area contributed by atoms with E-state index in [2.05, 4.69) is 41.3 Å². The first-order valence-electron chi connectivity index (χ1n) is 8.09. The van der Waals surface area contributed by atoms with E-state index in [1.165, 1.54) is 17.5 Å². The van der Waals surface area contributed by atoms with Crippen LogP contribution in [0, 0.1) is 13.8 Å². The van der Waals surface area contributed by atoms with Crippen LogP contribution in [-0.4, -0.2) is 33.9 Å². The van der Waals surface area contributed by atoms with E-state index in [-0.39, 0.29) is 5.91 Å². The van der Waals surface area contributed by atoms with Gasteiger partial charge in [-0.25, -0.2) is 9.97 Å². The summed E-state index contributed by atoms with van der Waals surface area (Å²) >= 11 is 0. The molecule has 2 aromatic rings. The number of benzene rings is 1. The Morgan fingerprint density at radius 2 is 1.74 bits per heavy atom. The van der Waals surface area contributed by atoms with Gasteiger partial charge >= 0.3 is 0 Å². The van der Waals surface area contributed by atoms with Crippen LogP contribution in [0.5, 0.6) is 0 Å². The summed E-state index contributed by atoms with van der Waals surface area (Å²) in [6.07, 6.45) is 6.58. The van der Waals surface area contributed by atoms with Crippen molar-refractivity contribution >= 4 is 17.5 Å². The third kappa shape index (κ3) is 3.67. The van der Waals surface area contributed by atoms with E-state index in [9.17, 15) is 4.79 Å². The zero-order chi connectivity index (χ0) is 16.2. The molecule has 2 heterocycles. The van der Waals surface area contributed by atoms with Crippen molar-refractivity contribution < 1.29 is 4.79 Å². The zero-order valence-electron chi connectivity index (χ0n) is 13.7. The minimum Gasteiger partial charge on any atom is -0.339 e. The summed E-state index contributed by atoms with van der Waals surface area (Å²) in [7, 11) is 0. The van der Waals surface area contributed by atoms with Crippen LogP contribution >= 0.6 is 0 Å². The number of hydrogen-bond acceptors (Lipinski definition) is 4. The summed E-state index contributed by atoms with van der Waals surface area (Å²) in [5.41, 5.74) is 3.96. The number of nitrogens with one attached hydrogen (secondary N) is 1. The number of nitrogens with zero attached hydrogens (tertiary/aromatic N) is 3. The topological polar surface area (TPSA) is 58.1 Å². The van der Waals surface area contributed by atoms with Gasteiger partial charge in [0.1, 0.15) is 0 Å². The molecule has 1 aliphatic rings. The van der Waals surface area contributed by atoms with Crippen molar-refractivity contribution in [2.24, 2.45) is 0 Å². The number of piperidine rings is 1. The highest BCUT2D eigenvalue weighted by Crippen LogP contribution is 2.18. The van der Waals surface area contributed by atoms with Crippen molar-refractivity contribution in [3.63, 3.8) is 0 Å². The average Bonchev–Trinajstić information content (AvgIpc) is 2.59. The molecule has 1 aromatic heterocycles. The van der Waals surface area contributed by atoms with Crippen LogP contribution < -0.4 is 5.32 Å². The van der Waals surface area contributed by atoms with Gasteiger partial charge in [0.25, 0.3) is 5.91 Å². The maximum absolute atomic E-state index is 12.4. The molecule has 0 aliphatic carbocycles. The van der Waals surface area contributed by atoms with Gasteiger partial charge in [-0.05, 0) is 56.4 Å². The normalized spacial score (nSPS) is 14.6. The molecule has 1 saturated heterocycles. The highest BCUT2D eigenvalue weighted by atomic mass is 16.2. The fourth-order valence-corrected chi connectivity index (χ4v) is 2.73. The van der Waals surface area contributed by atoms with Gasteiger partial charge in [-0.1, -0.05) is 6.07 Å². The van der Waals surface area contributed by atoms with Gasteiger partial charge in [-0.2, -0.15) is 0 Å². The lowest BCUT2D eigenvalue weighted by molar-refractivity contribution is 0.0723. The van der Waals surface area contributed by atoms with Crippen molar-refractivity contribution in [2.75, 3.05) is 18.4 Å². The summed E-state index contributed by atoms with van der Waals surface area (Å²) in [5.74, 6) is 0.533. The molecule has 0 atom stereocenters. The Balaban J connectivity index is 1.68. The average molecular weight is 310 g/mol. The van der Waals surface area contributed by atoms with Crippen LogP contribution in [0.25, 0.3) is 0 Å². The number of rotatable bonds is 3. The molecule has 1 amide bonds. The van der Waals surface area contributed by atoms with Crippen molar-refractivity contribution in [2.45, 2.75) is 33.1 Å². The predicted molar refractivity (Wildman–Crippen MR) is 91.0 cm³/mol. The first-order chi connectivity index (χ1) is 11.1. The van der Waals surface area contributed by atoms with Gasteiger partial charge in [-0.3, -0.25) is 4.79 Å².